The van der Waals surface area contributed by atoms with Crippen LogP contribution in [-0.4, -0.2) is 18.0 Å². The maximum Gasteiger partial charge on any atom is 0.285 e. The molecule has 0 bridgehead atoms. The molecule has 6 heteroatoms. The van der Waals surface area contributed by atoms with Crippen molar-refractivity contribution in [1.82, 2.24) is 0 Å². The zero-order chi connectivity index (χ0) is 20.0. The number of nitrogens with zero attached hydrogens (tertiary/aromatic N) is 1. The summed E-state index contributed by atoms with van der Waals surface area (Å²) in [6.07, 6.45) is -0.0476. The fourth-order valence-electron chi connectivity index (χ4n) is 2.96. The lowest BCUT2D eigenvalue weighted by Crippen LogP contribution is -2.28. The Labute approximate surface area is 163 Å². The van der Waals surface area contributed by atoms with E-state index in [-0.39, 0.29) is 17.4 Å². The molecule has 0 spiro atoms. The van der Waals surface area contributed by atoms with E-state index in [4.69, 9.17) is 4.74 Å². The van der Waals surface area contributed by atoms with Gasteiger partial charge in [-0.2, -0.15) is 0 Å². The summed E-state index contributed by atoms with van der Waals surface area (Å²) in [7, 11) is 0. The molecule has 146 valence electrons. The van der Waals surface area contributed by atoms with Crippen molar-refractivity contribution in [3.63, 3.8) is 0 Å². The molecule has 0 unspecified atom stereocenters. The zero-order valence-electron chi connectivity index (χ0n) is 16.1. The van der Waals surface area contributed by atoms with Gasteiger partial charge in [-0.15, -0.1) is 0 Å². The van der Waals surface area contributed by atoms with E-state index in [9.17, 15) is 13.6 Å². The molecule has 27 heavy (non-hydrogen) atoms. The summed E-state index contributed by atoms with van der Waals surface area (Å²) in [5.41, 5.74) is 2.85. The Bertz CT molecular complexity index is 796. The summed E-state index contributed by atoms with van der Waals surface area (Å²) in [6.45, 7) is 6.19. The van der Waals surface area contributed by atoms with Gasteiger partial charge in [0.1, 0.15) is 12.4 Å². The quantitative estimate of drug-likeness (QED) is 0.546. The second-order valence-corrected chi connectivity index (χ2v) is 6.86. The van der Waals surface area contributed by atoms with Gasteiger partial charge < -0.3 is 9.64 Å². The number of anilines is 1. The normalized spacial score (nSPS) is 10.9. The van der Waals surface area contributed by atoms with Crippen molar-refractivity contribution in [2.75, 3.05) is 17.7 Å². The molecule has 2 aromatic carbocycles. The molecule has 0 aliphatic heterocycles. The Morgan fingerprint density at radius 1 is 1.22 bits per heavy atom. The lowest BCUT2D eigenvalue weighted by atomic mass is 10.0. The van der Waals surface area contributed by atoms with E-state index in [2.05, 4.69) is 6.92 Å². The number of amides is 1. The average Bonchev–Trinajstić information content (AvgIpc) is 2.67. The molecule has 2 aromatic rings. The number of rotatable bonds is 7. The van der Waals surface area contributed by atoms with E-state index in [1.165, 1.54) is 16.5 Å². The average molecular weight is 393 g/mol. The van der Waals surface area contributed by atoms with Gasteiger partial charge in [-0.05, 0) is 49.8 Å². The van der Waals surface area contributed by atoms with Gasteiger partial charge >= 0.3 is 0 Å². The van der Waals surface area contributed by atoms with Crippen molar-refractivity contribution in [2.45, 2.75) is 40.2 Å². The van der Waals surface area contributed by atoms with Crippen LogP contribution in [0.5, 0.6) is 5.75 Å². The predicted octanol–water partition coefficient (Wildman–Crippen LogP) is 6.38. The number of carbonyl (C=O) groups excluding carboxylic acids is 1. The molecule has 0 fully saturated rings. The first-order chi connectivity index (χ1) is 12.9. The van der Waals surface area contributed by atoms with Gasteiger partial charge in [-0.3, -0.25) is 4.79 Å². The fraction of sp³-hybridized carbons (Fsp3) is 0.381. The molecule has 0 heterocycles. The second-order valence-electron chi connectivity index (χ2n) is 6.10. The summed E-state index contributed by atoms with van der Waals surface area (Å²) in [4.78, 5) is 13.7. The second kappa shape index (κ2) is 9.74. The van der Waals surface area contributed by atoms with E-state index in [1.54, 1.807) is 18.4 Å². The van der Waals surface area contributed by atoms with Gasteiger partial charge in [-0.25, -0.2) is 8.78 Å². The number of thioether (sulfide) groups is 1. The molecular formula is C21H25F2NO2S. The monoisotopic (exact) mass is 393 g/mol. The van der Waals surface area contributed by atoms with E-state index < -0.39 is 6.43 Å². The Kier molecular flexibility index (Phi) is 7.66. The first-order valence-corrected chi connectivity index (χ1v) is 10.1. The van der Waals surface area contributed by atoms with Crippen LogP contribution >= 0.6 is 11.8 Å². The van der Waals surface area contributed by atoms with Crippen molar-refractivity contribution in [2.24, 2.45) is 0 Å². The third-order valence-electron chi connectivity index (χ3n) is 4.44. The largest absolute Gasteiger partial charge is 0.489 e. The standard InChI is InChI=1S/C21H25F2NO2S/c1-5-15-10-11-19(14(3)12-15)26-13-17-16(20(22)23)8-7-9-18(17)24(6-2)21(25)27-4/h7-12,20H,5-6,13H2,1-4H3. The van der Waals surface area contributed by atoms with E-state index in [1.807, 2.05) is 32.0 Å². The van der Waals surface area contributed by atoms with Gasteiger partial charge in [0.15, 0.2) is 0 Å². The Balaban J connectivity index is 2.40. The first kappa shape index (κ1) is 21.2. The van der Waals surface area contributed by atoms with Gasteiger partial charge in [0.05, 0.1) is 5.69 Å². The third kappa shape index (κ3) is 5.01. The molecule has 2 rings (SSSR count). The van der Waals surface area contributed by atoms with Crippen LogP contribution in [0.3, 0.4) is 0 Å². The molecule has 0 saturated carbocycles. The molecule has 0 atom stereocenters. The van der Waals surface area contributed by atoms with Crippen LogP contribution in [0.15, 0.2) is 36.4 Å². The van der Waals surface area contributed by atoms with Gasteiger partial charge in [0, 0.05) is 17.7 Å². The highest BCUT2D eigenvalue weighted by Crippen LogP contribution is 2.33. The summed E-state index contributed by atoms with van der Waals surface area (Å²) < 4.78 is 33.1. The lowest BCUT2D eigenvalue weighted by molar-refractivity contribution is 0.148. The van der Waals surface area contributed by atoms with E-state index >= 15 is 0 Å². The summed E-state index contributed by atoms with van der Waals surface area (Å²) in [5, 5.41) is -0.186. The van der Waals surface area contributed by atoms with Crippen LogP contribution in [0, 0.1) is 6.92 Å². The molecular weight excluding hydrogens is 368 g/mol. The minimum atomic E-state index is -2.64. The number of carbonyl (C=O) groups is 1. The highest BCUT2D eigenvalue weighted by Gasteiger charge is 2.22. The topological polar surface area (TPSA) is 29.5 Å². The molecule has 0 saturated heterocycles. The van der Waals surface area contributed by atoms with Crippen LogP contribution in [0.1, 0.15) is 42.5 Å². The van der Waals surface area contributed by atoms with Crippen LogP contribution in [-0.2, 0) is 13.0 Å². The number of halogens is 2. The molecule has 0 aromatic heterocycles. The van der Waals surface area contributed by atoms with Gasteiger partial charge in [-0.1, -0.05) is 43.0 Å². The number of ether oxygens (including phenoxy) is 1. The van der Waals surface area contributed by atoms with Gasteiger partial charge in [0.25, 0.3) is 11.7 Å². The predicted molar refractivity (Wildman–Crippen MR) is 108 cm³/mol. The van der Waals surface area contributed by atoms with Crippen molar-refractivity contribution in [3.05, 3.63) is 58.7 Å². The Morgan fingerprint density at radius 3 is 2.52 bits per heavy atom. The van der Waals surface area contributed by atoms with Crippen LogP contribution in [0.25, 0.3) is 0 Å². The molecule has 1 amide bonds. The maximum atomic E-state index is 13.6. The molecule has 0 aliphatic carbocycles. The Hall–Kier alpha value is -2.08. The number of hydrogen-bond donors (Lipinski definition) is 0. The SMILES string of the molecule is CCc1ccc(OCc2c(C(F)F)cccc2N(CC)C(=O)SC)c(C)c1. The van der Waals surface area contributed by atoms with Gasteiger partial charge in [0.2, 0.25) is 0 Å². The molecule has 0 radical (unpaired) electrons. The fourth-order valence-corrected chi connectivity index (χ4v) is 3.41. The van der Waals surface area contributed by atoms with E-state index in [0.29, 0.717) is 23.5 Å². The van der Waals surface area contributed by atoms with Crippen LogP contribution in [0.4, 0.5) is 19.3 Å². The molecule has 0 N–H and O–H groups in total. The zero-order valence-corrected chi connectivity index (χ0v) is 16.9. The number of alkyl halides is 2. The molecule has 3 nitrogen and oxygen atoms in total. The summed E-state index contributed by atoms with van der Waals surface area (Å²) >= 11 is 1.05. The van der Waals surface area contributed by atoms with Crippen molar-refractivity contribution in [1.29, 1.82) is 0 Å². The smallest absolute Gasteiger partial charge is 0.285 e. The maximum absolute atomic E-state index is 13.6. The van der Waals surface area contributed by atoms with Crippen molar-refractivity contribution in [3.8, 4) is 5.75 Å². The molecule has 0 aliphatic rings. The van der Waals surface area contributed by atoms with Crippen molar-refractivity contribution >= 4 is 22.7 Å². The Morgan fingerprint density at radius 2 is 1.96 bits per heavy atom. The lowest BCUT2D eigenvalue weighted by Gasteiger charge is -2.25. The van der Waals surface area contributed by atoms with E-state index in [0.717, 1.165) is 23.7 Å². The van der Waals surface area contributed by atoms with Crippen LogP contribution in [0.2, 0.25) is 0 Å². The minimum Gasteiger partial charge on any atom is -0.489 e. The number of benzene rings is 2. The van der Waals surface area contributed by atoms with Crippen LogP contribution < -0.4 is 9.64 Å². The summed E-state index contributed by atoms with van der Waals surface area (Å²) in [5.74, 6) is 0.654. The first-order valence-electron chi connectivity index (χ1n) is 8.90. The number of aryl methyl sites for hydroxylation is 2. The van der Waals surface area contributed by atoms with Crippen molar-refractivity contribution < 1.29 is 18.3 Å². The highest BCUT2D eigenvalue weighted by molar-refractivity contribution is 8.13. The minimum absolute atomic E-state index is 0.0275. The highest BCUT2D eigenvalue weighted by atomic mass is 32.2. The summed E-state index contributed by atoms with van der Waals surface area (Å²) in [6, 6.07) is 10.5. The third-order valence-corrected chi connectivity index (χ3v) is 5.01. The number of hydrogen-bond acceptors (Lipinski definition) is 3.